The molecule has 0 spiro atoms. The summed E-state index contributed by atoms with van der Waals surface area (Å²) in [5.41, 5.74) is 4.87. The lowest BCUT2D eigenvalue weighted by Crippen LogP contribution is -2.21. The average molecular weight is 209 g/mol. The van der Waals surface area contributed by atoms with Crippen molar-refractivity contribution in [3.05, 3.63) is 30.3 Å². The van der Waals surface area contributed by atoms with Gasteiger partial charge in [0.2, 0.25) is 0 Å². The molecule has 0 saturated heterocycles. The van der Waals surface area contributed by atoms with Crippen LogP contribution in [0.5, 0.6) is 5.75 Å². The van der Waals surface area contributed by atoms with E-state index in [1.165, 1.54) is 0 Å². The number of carbonyl (C=O) groups is 1. The van der Waals surface area contributed by atoms with Crippen molar-refractivity contribution >= 4 is 6.09 Å². The first-order valence-corrected chi connectivity index (χ1v) is 4.82. The van der Waals surface area contributed by atoms with Crippen LogP contribution >= 0.6 is 0 Å². The lowest BCUT2D eigenvalue weighted by Gasteiger charge is -2.11. The molecule has 15 heavy (non-hydrogen) atoms. The van der Waals surface area contributed by atoms with E-state index in [4.69, 9.17) is 15.2 Å². The van der Waals surface area contributed by atoms with Crippen molar-refractivity contribution in [2.24, 2.45) is 5.73 Å². The van der Waals surface area contributed by atoms with Crippen LogP contribution in [0.2, 0.25) is 0 Å². The van der Waals surface area contributed by atoms with E-state index in [2.05, 4.69) is 0 Å². The van der Waals surface area contributed by atoms with Gasteiger partial charge >= 0.3 is 6.09 Å². The van der Waals surface area contributed by atoms with E-state index in [1.54, 1.807) is 6.92 Å². The number of rotatable bonds is 5. The number of para-hydroxylation sites is 1. The summed E-state index contributed by atoms with van der Waals surface area (Å²) in [4.78, 5) is 10.4. The molecule has 0 fully saturated rings. The fourth-order valence-corrected chi connectivity index (χ4v) is 1.12. The largest absolute Gasteiger partial charge is 0.493 e. The van der Waals surface area contributed by atoms with Crippen molar-refractivity contribution in [1.29, 1.82) is 0 Å². The lowest BCUT2D eigenvalue weighted by atomic mass is 10.3. The third kappa shape index (κ3) is 4.90. The number of benzene rings is 1. The molecule has 1 amide bonds. The minimum Gasteiger partial charge on any atom is -0.493 e. The third-order valence-electron chi connectivity index (χ3n) is 1.85. The van der Waals surface area contributed by atoms with Gasteiger partial charge in [-0.05, 0) is 19.1 Å². The fraction of sp³-hybridized carbons (Fsp3) is 0.364. The van der Waals surface area contributed by atoms with Gasteiger partial charge in [0.1, 0.15) is 11.9 Å². The SMILES string of the molecule is CC(CCOc1ccccc1)OC(N)=O. The van der Waals surface area contributed by atoms with Gasteiger partial charge in [0.05, 0.1) is 6.61 Å². The highest BCUT2D eigenvalue weighted by Gasteiger charge is 2.05. The van der Waals surface area contributed by atoms with Crippen molar-refractivity contribution in [3.63, 3.8) is 0 Å². The Morgan fingerprint density at radius 3 is 2.67 bits per heavy atom. The predicted octanol–water partition coefficient (Wildman–Crippen LogP) is 1.94. The molecule has 0 aliphatic carbocycles. The Morgan fingerprint density at radius 1 is 1.40 bits per heavy atom. The summed E-state index contributed by atoms with van der Waals surface area (Å²) < 4.78 is 10.2. The van der Waals surface area contributed by atoms with Crippen LogP contribution in [0.15, 0.2) is 30.3 Å². The molecule has 1 aromatic carbocycles. The maximum atomic E-state index is 10.4. The molecule has 0 bridgehead atoms. The van der Waals surface area contributed by atoms with Gasteiger partial charge in [-0.3, -0.25) is 0 Å². The fourth-order valence-electron chi connectivity index (χ4n) is 1.12. The normalized spacial score (nSPS) is 11.8. The Hall–Kier alpha value is -1.71. The molecule has 0 radical (unpaired) electrons. The highest BCUT2D eigenvalue weighted by Crippen LogP contribution is 2.09. The number of primary amides is 1. The van der Waals surface area contributed by atoms with Crippen LogP contribution in [0.4, 0.5) is 4.79 Å². The van der Waals surface area contributed by atoms with Crippen molar-refractivity contribution in [2.45, 2.75) is 19.4 Å². The molecule has 1 unspecified atom stereocenters. The van der Waals surface area contributed by atoms with Crippen LogP contribution in [0, 0.1) is 0 Å². The number of hydrogen-bond donors (Lipinski definition) is 1. The van der Waals surface area contributed by atoms with Crippen LogP contribution in [-0.4, -0.2) is 18.8 Å². The van der Waals surface area contributed by atoms with Gasteiger partial charge in [-0.15, -0.1) is 0 Å². The molecule has 2 N–H and O–H groups in total. The van der Waals surface area contributed by atoms with Gasteiger partial charge in [0.25, 0.3) is 0 Å². The van der Waals surface area contributed by atoms with Crippen LogP contribution < -0.4 is 10.5 Å². The molecule has 1 atom stereocenters. The number of ether oxygens (including phenoxy) is 2. The number of nitrogens with two attached hydrogens (primary N) is 1. The molecule has 1 aromatic rings. The minimum absolute atomic E-state index is 0.216. The molecule has 82 valence electrons. The summed E-state index contributed by atoms with van der Waals surface area (Å²) in [5.74, 6) is 0.809. The van der Waals surface area contributed by atoms with Crippen LogP contribution in [0.25, 0.3) is 0 Å². The average Bonchev–Trinajstić information content (AvgIpc) is 2.18. The van der Waals surface area contributed by atoms with Crippen LogP contribution in [0.1, 0.15) is 13.3 Å². The monoisotopic (exact) mass is 209 g/mol. The Morgan fingerprint density at radius 2 is 2.07 bits per heavy atom. The Balaban J connectivity index is 2.19. The maximum Gasteiger partial charge on any atom is 0.404 e. The molecule has 0 aliphatic heterocycles. The number of carbonyl (C=O) groups excluding carboxylic acids is 1. The predicted molar refractivity (Wildman–Crippen MR) is 56.7 cm³/mol. The van der Waals surface area contributed by atoms with Gasteiger partial charge in [0.15, 0.2) is 0 Å². The molecule has 4 heteroatoms. The van der Waals surface area contributed by atoms with E-state index in [1.807, 2.05) is 30.3 Å². The smallest absolute Gasteiger partial charge is 0.404 e. The van der Waals surface area contributed by atoms with E-state index in [9.17, 15) is 4.79 Å². The zero-order valence-electron chi connectivity index (χ0n) is 8.68. The third-order valence-corrected chi connectivity index (χ3v) is 1.85. The topological polar surface area (TPSA) is 61.6 Å². The van der Waals surface area contributed by atoms with E-state index in [0.717, 1.165) is 5.75 Å². The van der Waals surface area contributed by atoms with Gasteiger partial charge in [-0.1, -0.05) is 18.2 Å². The number of hydrogen-bond acceptors (Lipinski definition) is 3. The molecule has 0 saturated carbocycles. The Kier molecular flexibility index (Phi) is 4.47. The first-order chi connectivity index (χ1) is 7.18. The van der Waals surface area contributed by atoms with E-state index < -0.39 is 6.09 Å². The number of amides is 1. The lowest BCUT2D eigenvalue weighted by molar-refractivity contribution is 0.101. The van der Waals surface area contributed by atoms with Crippen molar-refractivity contribution in [1.82, 2.24) is 0 Å². The second kappa shape index (κ2) is 5.90. The van der Waals surface area contributed by atoms with Gasteiger partial charge in [-0.2, -0.15) is 0 Å². The molecule has 4 nitrogen and oxygen atoms in total. The summed E-state index contributed by atoms with van der Waals surface area (Å²) in [6.07, 6.45) is -0.342. The summed E-state index contributed by atoms with van der Waals surface area (Å²) in [6, 6.07) is 9.47. The highest BCUT2D eigenvalue weighted by molar-refractivity contribution is 5.64. The van der Waals surface area contributed by atoms with Crippen molar-refractivity contribution in [3.8, 4) is 5.75 Å². The molecular weight excluding hydrogens is 194 g/mol. The zero-order valence-corrected chi connectivity index (χ0v) is 8.68. The quantitative estimate of drug-likeness (QED) is 0.806. The standard InChI is InChI=1S/C11H15NO3/c1-9(15-11(12)13)7-8-14-10-5-3-2-4-6-10/h2-6,9H,7-8H2,1H3,(H2,12,13). The van der Waals surface area contributed by atoms with Crippen molar-refractivity contribution in [2.75, 3.05) is 6.61 Å². The summed E-state index contributed by atoms with van der Waals surface area (Å²) in [5, 5.41) is 0. The molecule has 1 rings (SSSR count). The highest BCUT2D eigenvalue weighted by atomic mass is 16.6. The zero-order chi connectivity index (χ0) is 11.1. The molecule has 0 aliphatic rings. The van der Waals surface area contributed by atoms with Gasteiger partial charge in [-0.25, -0.2) is 4.79 Å². The van der Waals surface area contributed by atoms with Crippen LogP contribution in [-0.2, 0) is 4.74 Å². The molecule has 0 aromatic heterocycles. The molecule has 0 heterocycles. The maximum absolute atomic E-state index is 10.4. The van der Waals surface area contributed by atoms with E-state index >= 15 is 0 Å². The van der Waals surface area contributed by atoms with E-state index in [-0.39, 0.29) is 6.10 Å². The second-order valence-electron chi connectivity index (χ2n) is 3.20. The molecular formula is C11H15NO3. The van der Waals surface area contributed by atoms with E-state index in [0.29, 0.717) is 13.0 Å². The Bertz CT molecular complexity index is 300. The summed E-state index contributed by atoms with van der Waals surface area (Å²) in [6.45, 7) is 2.28. The van der Waals surface area contributed by atoms with Crippen molar-refractivity contribution < 1.29 is 14.3 Å². The second-order valence-corrected chi connectivity index (χ2v) is 3.20. The summed E-state index contributed by atoms with van der Waals surface area (Å²) in [7, 11) is 0. The first kappa shape index (κ1) is 11.4. The first-order valence-electron chi connectivity index (χ1n) is 4.82. The van der Waals surface area contributed by atoms with Crippen LogP contribution in [0.3, 0.4) is 0 Å². The van der Waals surface area contributed by atoms with Gasteiger partial charge < -0.3 is 15.2 Å². The summed E-state index contributed by atoms with van der Waals surface area (Å²) >= 11 is 0. The Labute approximate surface area is 89.0 Å². The van der Waals surface area contributed by atoms with Gasteiger partial charge in [0, 0.05) is 6.42 Å². The minimum atomic E-state index is -0.748.